The van der Waals surface area contributed by atoms with Crippen LogP contribution in [0, 0.1) is 5.41 Å². The average molecular weight is 382 g/mol. The van der Waals surface area contributed by atoms with Crippen molar-refractivity contribution >= 4 is 18.3 Å². The van der Waals surface area contributed by atoms with Gasteiger partial charge in [0.1, 0.15) is 5.75 Å². The lowest BCUT2D eigenvalue weighted by atomic mass is 9.90. The number of hydrogen-bond donors (Lipinski definition) is 2. The molecule has 0 aromatic heterocycles. The molecular formula is C20H32ClN3O2. The summed E-state index contributed by atoms with van der Waals surface area (Å²) in [4.78, 5) is 14.5. The van der Waals surface area contributed by atoms with Gasteiger partial charge in [0.15, 0.2) is 0 Å². The summed E-state index contributed by atoms with van der Waals surface area (Å²) >= 11 is 0. The van der Waals surface area contributed by atoms with Crippen molar-refractivity contribution in [2.45, 2.75) is 51.7 Å². The molecular weight excluding hydrogens is 350 g/mol. The van der Waals surface area contributed by atoms with Crippen molar-refractivity contribution < 1.29 is 9.53 Å². The standard InChI is InChI=1S/C20H31N3O2.ClH/c1-20(14-21)10-11-23(15-20)13-19(24)22-12-16-6-2-5-9-18(16)25-17-7-3-4-8-17;/h2,5-6,9,17H,3-4,7-8,10-15,21H2,1H3,(H,22,24);1H. The summed E-state index contributed by atoms with van der Waals surface area (Å²) in [5, 5.41) is 3.04. The number of carbonyl (C=O) groups excluding carboxylic acids is 1. The Bertz CT molecular complexity index is 592. The maximum absolute atomic E-state index is 12.3. The molecule has 1 unspecified atom stereocenters. The highest BCUT2D eigenvalue weighted by molar-refractivity contribution is 5.85. The second-order valence-corrected chi connectivity index (χ2v) is 7.88. The minimum atomic E-state index is 0. The van der Waals surface area contributed by atoms with Crippen LogP contribution >= 0.6 is 12.4 Å². The van der Waals surface area contributed by atoms with E-state index in [1.54, 1.807) is 0 Å². The number of nitrogens with zero attached hydrogens (tertiary/aromatic N) is 1. The van der Waals surface area contributed by atoms with Crippen molar-refractivity contribution in [2.75, 3.05) is 26.2 Å². The first-order chi connectivity index (χ1) is 12.1. The van der Waals surface area contributed by atoms with Crippen LogP contribution in [0.25, 0.3) is 0 Å². The van der Waals surface area contributed by atoms with Gasteiger partial charge in [-0.2, -0.15) is 0 Å². The fourth-order valence-electron chi connectivity index (χ4n) is 3.83. The lowest BCUT2D eigenvalue weighted by molar-refractivity contribution is -0.122. The van der Waals surface area contributed by atoms with Crippen molar-refractivity contribution in [1.29, 1.82) is 0 Å². The molecule has 1 saturated heterocycles. The Morgan fingerprint density at radius 2 is 2.08 bits per heavy atom. The first-order valence-electron chi connectivity index (χ1n) is 9.52. The molecule has 1 aliphatic carbocycles. The summed E-state index contributed by atoms with van der Waals surface area (Å²) in [6.45, 7) is 5.68. The monoisotopic (exact) mass is 381 g/mol. The van der Waals surface area contributed by atoms with E-state index < -0.39 is 0 Å². The summed E-state index contributed by atoms with van der Waals surface area (Å²) < 4.78 is 6.14. The number of ether oxygens (including phenoxy) is 1. The topological polar surface area (TPSA) is 67.6 Å². The Morgan fingerprint density at radius 1 is 1.35 bits per heavy atom. The molecule has 26 heavy (non-hydrogen) atoms. The Morgan fingerprint density at radius 3 is 2.77 bits per heavy atom. The molecule has 1 aromatic carbocycles. The Balaban J connectivity index is 0.00000243. The smallest absolute Gasteiger partial charge is 0.234 e. The maximum Gasteiger partial charge on any atom is 0.234 e. The van der Waals surface area contributed by atoms with Gasteiger partial charge >= 0.3 is 0 Å². The number of amides is 1. The second-order valence-electron chi connectivity index (χ2n) is 7.88. The molecule has 5 nitrogen and oxygen atoms in total. The van der Waals surface area contributed by atoms with E-state index >= 15 is 0 Å². The molecule has 2 fully saturated rings. The van der Waals surface area contributed by atoms with E-state index in [0.29, 0.717) is 25.7 Å². The van der Waals surface area contributed by atoms with Crippen molar-refractivity contribution in [3.05, 3.63) is 29.8 Å². The molecule has 2 aliphatic rings. The quantitative estimate of drug-likeness (QED) is 0.762. The van der Waals surface area contributed by atoms with Crippen molar-refractivity contribution in [1.82, 2.24) is 10.2 Å². The van der Waals surface area contributed by atoms with E-state index in [9.17, 15) is 4.79 Å². The van der Waals surface area contributed by atoms with Crippen molar-refractivity contribution in [3.63, 3.8) is 0 Å². The van der Waals surface area contributed by atoms with Crippen LogP contribution in [0.4, 0.5) is 0 Å². The fourth-order valence-corrected chi connectivity index (χ4v) is 3.83. The number of rotatable bonds is 7. The minimum Gasteiger partial charge on any atom is -0.490 e. The van der Waals surface area contributed by atoms with Crippen LogP contribution in [0.3, 0.4) is 0 Å². The van der Waals surface area contributed by atoms with Gasteiger partial charge in [0.25, 0.3) is 0 Å². The zero-order valence-corrected chi connectivity index (χ0v) is 16.5. The molecule has 0 radical (unpaired) electrons. The van der Waals surface area contributed by atoms with E-state index in [-0.39, 0.29) is 23.7 Å². The van der Waals surface area contributed by atoms with Crippen LogP contribution in [0.5, 0.6) is 5.75 Å². The van der Waals surface area contributed by atoms with E-state index in [4.69, 9.17) is 10.5 Å². The van der Waals surface area contributed by atoms with Gasteiger partial charge in [0.2, 0.25) is 5.91 Å². The molecule has 1 atom stereocenters. The summed E-state index contributed by atoms with van der Waals surface area (Å²) in [5.74, 6) is 0.975. The predicted molar refractivity (Wildman–Crippen MR) is 107 cm³/mol. The minimum absolute atomic E-state index is 0. The van der Waals surface area contributed by atoms with Crippen LogP contribution in [0.1, 0.15) is 44.6 Å². The van der Waals surface area contributed by atoms with E-state index in [1.165, 1.54) is 12.8 Å². The van der Waals surface area contributed by atoms with Crippen LogP contribution in [0.2, 0.25) is 0 Å². The highest BCUT2D eigenvalue weighted by atomic mass is 35.5. The van der Waals surface area contributed by atoms with Crippen LogP contribution < -0.4 is 15.8 Å². The summed E-state index contributed by atoms with van der Waals surface area (Å²) in [6.07, 6.45) is 6.16. The van der Waals surface area contributed by atoms with E-state index in [0.717, 1.165) is 43.7 Å². The molecule has 1 saturated carbocycles. The lowest BCUT2D eigenvalue weighted by Crippen LogP contribution is -2.38. The van der Waals surface area contributed by atoms with Gasteiger partial charge < -0.3 is 15.8 Å². The molecule has 1 aliphatic heterocycles. The number of nitrogens with two attached hydrogens (primary N) is 1. The normalized spacial score (nSPS) is 23.6. The Hall–Kier alpha value is -1.30. The maximum atomic E-state index is 12.3. The number of hydrogen-bond acceptors (Lipinski definition) is 4. The molecule has 0 bridgehead atoms. The number of benzene rings is 1. The summed E-state index contributed by atoms with van der Waals surface area (Å²) in [6, 6.07) is 8.03. The van der Waals surface area contributed by atoms with E-state index in [1.807, 2.05) is 24.3 Å². The first kappa shape index (κ1) is 21.0. The van der Waals surface area contributed by atoms with E-state index in [2.05, 4.69) is 17.1 Å². The highest BCUT2D eigenvalue weighted by Gasteiger charge is 2.33. The molecule has 6 heteroatoms. The van der Waals surface area contributed by atoms with Gasteiger partial charge in [-0.25, -0.2) is 0 Å². The third kappa shape index (κ3) is 5.60. The molecule has 0 spiro atoms. The fraction of sp³-hybridized carbons (Fsp3) is 0.650. The van der Waals surface area contributed by atoms with Crippen LogP contribution in [-0.4, -0.2) is 43.1 Å². The number of nitrogens with one attached hydrogen (secondary N) is 1. The molecule has 1 amide bonds. The van der Waals surface area contributed by atoms with Gasteiger partial charge in [-0.3, -0.25) is 9.69 Å². The first-order valence-corrected chi connectivity index (χ1v) is 9.52. The lowest BCUT2D eigenvalue weighted by Gasteiger charge is -2.22. The number of halogens is 1. The largest absolute Gasteiger partial charge is 0.490 e. The third-order valence-electron chi connectivity index (χ3n) is 5.54. The number of likely N-dealkylation sites (tertiary alicyclic amines) is 1. The zero-order valence-electron chi connectivity index (χ0n) is 15.7. The molecule has 146 valence electrons. The Labute approximate surface area is 163 Å². The number of para-hydroxylation sites is 1. The van der Waals surface area contributed by atoms with Gasteiger partial charge in [-0.1, -0.05) is 25.1 Å². The molecule has 1 heterocycles. The van der Waals surface area contributed by atoms with Crippen LogP contribution in [0.15, 0.2) is 24.3 Å². The van der Waals surface area contributed by atoms with Crippen molar-refractivity contribution in [2.24, 2.45) is 11.1 Å². The van der Waals surface area contributed by atoms with Gasteiger partial charge in [-0.05, 0) is 56.7 Å². The van der Waals surface area contributed by atoms with Crippen molar-refractivity contribution in [3.8, 4) is 5.75 Å². The molecule has 1 aromatic rings. The predicted octanol–water partition coefficient (Wildman–Crippen LogP) is 2.72. The molecule has 3 rings (SSSR count). The second kappa shape index (κ2) is 9.58. The Kier molecular flexibility index (Phi) is 7.74. The third-order valence-corrected chi connectivity index (χ3v) is 5.54. The summed E-state index contributed by atoms with van der Waals surface area (Å²) in [7, 11) is 0. The van der Waals surface area contributed by atoms with Gasteiger partial charge in [0, 0.05) is 18.7 Å². The van der Waals surface area contributed by atoms with Gasteiger partial charge in [-0.15, -0.1) is 12.4 Å². The van der Waals surface area contributed by atoms with Gasteiger partial charge in [0.05, 0.1) is 12.6 Å². The zero-order chi connectivity index (χ0) is 17.7. The highest BCUT2D eigenvalue weighted by Crippen LogP contribution is 2.28. The average Bonchev–Trinajstić information content (AvgIpc) is 3.25. The SMILES string of the molecule is CC1(CN)CCN(CC(=O)NCc2ccccc2OC2CCCC2)C1.Cl. The molecule has 3 N–H and O–H groups in total. The summed E-state index contributed by atoms with van der Waals surface area (Å²) in [5.41, 5.74) is 7.04. The van der Waals surface area contributed by atoms with Crippen LogP contribution in [-0.2, 0) is 11.3 Å². The number of carbonyl (C=O) groups is 1.